The number of anilines is 1. The number of halogens is 1. The van der Waals surface area contributed by atoms with E-state index in [0.717, 1.165) is 0 Å². The summed E-state index contributed by atoms with van der Waals surface area (Å²) in [6.07, 6.45) is 0.0343. The summed E-state index contributed by atoms with van der Waals surface area (Å²) >= 11 is 5.93. The molecule has 4 rings (SSSR count). The van der Waals surface area contributed by atoms with Crippen molar-refractivity contribution in [1.29, 1.82) is 0 Å². The van der Waals surface area contributed by atoms with Gasteiger partial charge in [-0.25, -0.2) is 9.78 Å². The number of para-hydroxylation sites is 2. The van der Waals surface area contributed by atoms with Crippen LogP contribution in [-0.4, -0.2) is 33.6 Å². The van der Waals surface area contributed by atoms with E-state index in [2.05, 4.69) is 20.4 Å². The SMILES string of the molecule is CCOC(=O)c1c(-c2ccc(Cl)cc2)noc1NC(=O)CCc1nc2ccccc2[nH]c1=O. The maximum absolute atomic E-state index is 12.6. The molecule has 0 radical (unpaired) electrons. The Balaban J connectivity index is 1.54. The van der Waals surface area contributed by atoms with Crippen molar-refractivity contribution in [2.24, 2.45) is 0 Å². The third kappa shape index (κ3) is 4.93. The van der Waals surface area contributed by atoms with E-state index in [1.54, 1.807) is 49.4 Å². The fraction of sp³-hybridized carbons (Fsp3) is 0.174. The molecule has 0 aliphatic heterocycles. The summed E-state index contributed by atoms with van der Waals surface area (Å²) in [5.74, 6) is -1.30. The van der Waals surface area contributed by atoms with Gasteiger partial charge in [-0.15, -0.1) is 0 Å². The van der Waals surface area contributed by atoms with E-state index in [1.807, 2.05) is 6.07 Å². The fourth-order valence-corrected chi connectivity index (χ4v) is 3.36. The molecule has 33 heavy (non-hydrogen) atoms. The number of aryl methyl sites for hydroxylation is 1. The first-order valence-electron chi connectivity index (χ1n) is 10.2. The Kier molecular flexibility index (Phi) is 6.50. The summed E-state index contributed by atoms with van der Waals surface area (Å²) in [5.41, 5.74) is 1.89. The van der Waals surface area contributed by atoms with Crippen LogP contribution in [0.25, 0.3) is 22.3 Å². The summed E-state index contributed by atoms with van der Waals surface area (Å²) in [6.45, 7) is 1.80. The standard InChI is InChI=1S/C23H19ClN4O5/c1-2-32-23(31)19-20(13-7-9-14(24)10-8-13)28-33-22(19)27-18(29)12-11-17-21(30)26-16-6-4-3-5-15(16)25-17/h3-10H,2,11-12H2,1H3,(H,26,30)(H,27,29). The van der Waals surface area contributed by atoms with Crippen molar-refractivity contribution in [3.63, 3.8) is 0 Å². The normalized spacial score (nSPS) is 10.8. The van der Waals surface area contributed by atoms with Gasteiger partial charge in [0.15, 0.2) is 5.56 Å². The van der Waals surface area contributed by atoms with Crippen LogP contribution in [0.1, 0.15) is 29.4 Å². The number of hydrogen-bond donors (Lipinski definition) is 2. The van der Waals surface area contributed by atoms with Crippen LogP contribution in [-0.2, 0) is 16.0 Å². The Labute approximate surface area is 192 Å². The number of nitrogens with one attached hydrogen (secondary N) is 2. The minimum Gasteiger partial charge on any atom is -0.462 e. The molecule has 2 aromatic heterocycles. The first kappa shape index (κ1) is 22.2. The summed E-state index contributed by atoms with van der Waals surface area (Å²) in [7, 11) is 0. The van der Waals surface area contributed by atoms with Crippen molar-refractivity contribution < 1.29 is 18.8 Å². The van der Waals surface area contributed by atoms with Gasteiger partial charge in [0.1, 0.15) is 11.4 Å². The smallest absolute Gasteiger partial charge is 0.346 e. The molecule has 0 atom stereocenters. The molecule has 0 saturated heterocycles. The number of amides is 1. The number of aromatic nitrogens is 3. The lowest BCUT2D eigenvalue weighted by atomic mass is 10.1. The third-order valence-electron chi connectivity index (χ3n) is 4.80. The van der Waals surface area contributed by atoms with Crippen molar-refractivity contribution in [3.8, 4) is 11.3 Å². The quantitative estimate of drug-likeness (QED) is 0.394. The highest BCUT2D eigenvalue weighted by molar-refractivity contribution is 6.30. The van der Waals surface area contributed by atoms with Crippen LogP contribution >= 0.6 is 11.6 Å². The van der Waals surface area contributed by atoms with Crippen molar-refractivity contribution in [2.75, 3.05) is 11.9 Å². The van der Waals surface area contributed by atoms with E-state index in [0.29, 0.717) is 21.6 Å². The van der Waals surface area contributed by atoms with Crippen molar-refractivity contribution in [2.45, 2.75) is 19.8 Å². The number of fused-ring (bicyclic) bond motifs is 1. The van der Waals surface area contributed by atoms with Crippen molar-refractivity contribution in [3.05, 3.63) is 75.2 Å². The molecule has 2 aromatic carbocycles. The second-order valence-electron chi connectivity index (χ2n) is 7.04. The van der Waals surface area contributed by atoms with E-state index >= 15 is 0 Å². The molecule has 0 fully saturated rings. The minimum atomic E-state index is -0.688. The van der Waals surface area contributed by atoms with Crippen LogP contribution in [0.2, 0.25) is 5.02 Å². The monoisotopic (exact) mass is 466 g/mol. The summed E-state index contributed by atoms with van der Waals surface area (Å²) < 4.78 is 10.4. The Morgan fingerprint density at radius 3 is 2.67 bits per heavy atom. The van der Waals surface area contributed by atoms with Gasteiger partial charge < -0.3 is 14.2 Å². The van der Waals surface area contributed by atoms with Crippen LogP contribution in [0.4, 0.5) is 5.88 Å². The lowest BCUT2D eigenvalue weighted by Crippen LogP contribution is -2.19. The Bertz CT molecular complexity index is 1380. The summed E-state index contributed by atoms with van der Waals surface area (Å²) in [6, 6.07) is 13.8. The number of benzene rings is 2. The number of carbonyl (C=O) groups is 2. The predicted molar refractivity (Wildman–Crippen MR) is 122 cm³/mol. The second kappa shape index (κ2) is 9.66. The zero-order chi connectivity index (χ0) is 23.4. The van der Waals surface area contributed by atoms with E-state index in [9.17, 15) is 14.4 Å². The number of H-pyrrole nitrogens is 1. The molecule has 2 N–H and O–H groups in total. The molecule has 10 heteroatoms. The van der Waals surface area contributed by atoms with E-state index in [-0.39, 0.29) is 47.8 Å². The number of nitrogens with zero attached hydrogens (tertiary/aromatic N) is 2. The largest absolute Gasteiger partial charge is 0.462 e. The van der Waals surface area contributed by atoms with Crippen LogP contribution in [0, 0.1) is 0 Å². The molecule has 168 valence electrons. The topological polar surface area (TPSA) is 127 Å². The summed E-state index contributed by atoms with van der Waals surface area (Å²) in [4.78, 5) is 44.5. The number of ether oxygens (including phenoxy) is 1. The number of rotatable bonds is 7. The molecule has 0 unspecified atom stereocenters. The Morgan fingerprint density at radius 1 is 1.15 bits per heavy atom. The fourth-order valence-electron chi connectivity index (χ4n) is 3.23. The molecular formula is C23H19ClN4O5. The van der Waals surface area contributed by atoms with E-state index in [1.165, 1.54) is 0 Å². The highest BCUT2D eigenvalue weighted by Crippen LogP contribution is 2.30. The van der Waals surface area contributed by atoms with Gasteiger partial charge in [0.2, 0.25) is 11.8 Å². The minimum absolute atomic E-state index is 0.00537. The van der Waals surface area contributed by atoms with Gasteiger partial charge in [-0.3, -0.25) is 14.9 Å². The van der Waals surface area contributed by atoms with Crippen molar-refractivity contribution >= 4 is 40.4 Å². The zero-order valence-electron chi connectivity index (χ0n) is 17.6. The Morgan fingerprint density at radius 2 is 1.91 bits per heavy atom. The van der Waals surface area contributed by atoms with E-state index in [4.69, 9.17) is 20.9 Å². The van der Waals surface area contributed by atoms with Gasteiger partial charge in [-0.05, 0) is 31.2 Å². The molecular weight excluding hydrogens is 448 g/mol. The maximum atomic E-state index is 12.6. The van der Waals surface area contributed by atoms with Gasteiger partial charge >= 0.3 is 5.97 Å². The number of aromatic amines is 1. The lowest BCUT2D eigenvalue weighted by molar-refractivity contribution is -0.116. The molecule has 2 heterocycles. The molecule has 0 bridgehead atoms. The summed E-state index contributed by atoms with van der Waals surface area (Å²) in [5, 5.41) is 7.00. The van der Waals surface area contributed by atoms with Crippen molar-refractivity contribution in [1.82, 2.24) is 15.1 Å². The first-order chi connectivity index (χ1) is 16.0. The third-order valence-corrected chi connectivity index (χ3v) is 5.05. The molecule has 0 aliphatic carbocycles. The predicted octanol–water partition coefficient (Wildman–Crippen LogP) is 3.98. The Hall–Kier alpha value is -3.98. The van der Waals surface area contributed by atoms with Crippen LogP contribution in [0.3, 0.4) is 0 Å². The lowest BCUT2D eigenvalue weighted by Gasteiger charge is -2.06. The molecule has 0 saturated carbocycles. The average molecular weight is 467 g/mol. The number of hydrogen-bond acceptors (Lipinski definition) is 7. The average Bonchev–Trinajstić information content (AvgIpc) is 3.21. The zero-order valence-corrected chi connectivity index (χ0v) is 18.3. The van der Waals surface area contributed by atoms with Gasteiger partial charge in [0.05, 0.1) is 17.6 Å². The number of esters is 1. The molecule has 1 amide bonds. The molecule has 0 spiro atoms. The van der Waals surface area contributed by atoms with Gasteiger partial charge in [0.25, 0.3) is 5.56 Å². The van der Waals surface area contributed by atoms with E-state index < -0.39 is 11.9 Å². The van der Waals surface area contributed by atoms with Gasteiger partial charge in [-0.1, -0.05) is 41.0 Å². The first-order valence-corrected chi connectivity index (χ1v) is 10.5. The molecule has 0 aliphatic rings. The van der Waals surface area contributed by atoms with Crippen LogP contribution < -0.4 is 10.9 Å². The van der Waals surface area contributed by atoms with Crippen LogP contribution in [0.5, 0.6) is 0 Å². The molecule has 9 nitrogen and oxygen atoms in total. The highest BCUT2D eigenvalue weighted by Gasteiger charge is 2.26. The van der Waals surface area contributed by atoms with Gasteiger partial charge in [-0.2, -0.15) is 0 Å². The number of carbonyl (C=O) groups excluding carboxylic acids is 2. The maximum Gasteiger partial charge on any atom is 0.346 e. The highest BCUT2D eigenvalue weighted by atomic mass is 35.5. The second-order valence-corrected chi connectivity index (χ2v) is 7.48. The van der Waals surface area contributed by atoms with Crippen LogP contribution in [0.15, 0.2) is 57.8 Å². The molecule has 4 aromatic rings. The van der Waals surface area contributed by atoms with Gasteiger partial charge in [0, 0.05) is 23.4 Å².